The highest BCUT2D eigenvalue weighted by Crippen LogP contribution is 2.57. The molecule has 2 bridgehead atoms. The number of fused-ring (bicyclic) bond motifs is 2. The van der Waals surface area contributed by atoms with E-state index in [-0.39, 0.29) is 17.8 Å². The number of hydrogen-bond donors (Lipinski definition) is 1. The zero-order valence-electron chi connectivity index (χ0n) is 10.5. The fourth-order valence-corrected chi connectivity index (χ4v) is 3.73. The van der Waals surface area contributed by atoms with Gasteiger partial charge >= 0.3 is 5.97 Å². The number of nitriles is 1. The number of aliphatic carboxylic acids is 1. The van der Waals surface area contributed by atoms with Crippen molar-refractivity contribution in [2.75, 3.05) is 0 Å². The van der Waals surface area contributed by atoms with Gasteiger partial charge in [-0.05, 0) is 24.3 Å². The molecule has 19 heavy (non-hydrogen) atoms. The fourth-order valence-electron chi connectivity index (χ4n) is 3.73. The first kappa shape index (κ1) is 12.0. The Morgan fingerprint density at radius 1 is 1.26 bits per heavy atom. The average molecular weight is 253 g/mol. The van der Waals surface area contributed by atoms with Crippen molar-refractivity contribution in [1.82, 2.24) is 0 Å². The second-order valence-electron chi connectivity index (χ2n) is 5.41. The van der Waals surface area contributed by atoms with Crippen LogP contribution in [0.1, 0.15) is 24.3 Å². The molecule has 96 valence electrons. The minimum atomic E-state index is -1.31. The Morgan fingerprint density at radius 3 is 2.53 bits per heavy atom. The summed E-state index contributed by atoms with van der Waals surface area (Å²) in [7, 11) is 0. The molecule has 3 aliphatic carbocycles. The number of nitrogens with zero attached hydrogens (tertiary/aromatic N) is 1. The van der Waals surface area contributed by atoms with E-state index in [0.29, 0.717) is 0 Å². The van der Waals surface area contributed by atoms with E-state index in [1.165, 1.54) is 0 Å². The van der Waals surface area contributed by atoms with Crippen LogP contribution in [0, 0.1) is 28.6 Å². The third-order valence-electron chi connectivity index (χ3n) is 4.60. The smallest absolute Gasteiger partial charge is 0.325 e. The van der Waals surface area contributed by atoms with E-state index in [1.807, 2.05) is 36.4 Å². The van der Waals surface area contributed by atoms with E-state index in [4.69, 9.17) is 0 Å². The molecule has 1 aromatic rings. The molecule has 0 radical (unpaired) electrons. The molecule has 1 saturated carbocycles. The summed E-state index contributed by atoms with van der Waals surface area (Å²) in [4.78, 5) is 11.8. The zero-order chi connectivity index (χ0) is 13.5. The highest BCUT2D eigenvalue weighted by atomic mass is 16.4. The number of carbonyl (C=O) groups is 1. The molecule has 0 amide bonds. The van der Waals surface area contributed by atoms with Crippen molar-refractivity contribution in [3.05, 3.63) is 48.0 Å². The van der Waals surface area contributed by atoms with Gasteiger partial charge in [-0.15, -0.1) is 0 Å². The molecule has 1 fully saturated rings. The molecule has 3 nitrogen and oxygen atoms in total. The topological polar surface area (TPSA) is 61.1 Å². The zero-order valence-corrected chi connectivity index (χ0v) is 10.5. The van der Waals surface area contributed by atoms with E-state index in [0.717, 1.165) is 18.4 Å². The Hall–Kier alpha value is -2.08. The number of hydrogen-bond acceptors (Lipinski definition) is 2. The van der Waals surface area contributed by atoms with Crippen LogP contribution >= 0.6 is 0 Å². The maximum Gasteiger partial charge on any atom is 0.325 e. The molecule has 4 rings (SSSR count). The van der Waals surface area contributed by atoms with Crippen LogP contribution in [0.15, 0.2) is 42.5 Å². The first-order valence-corrected chi connectivity index (χ1v) is 6.58. The van der Waals surface area contributed by atoms with E-state index < -0.39 is 11.4 Å². The predicted molar refractivity (Wildman–Crippen MR) is 70.2 cm³/mol. The first-order chi connectivity index (χ1) is 9.20. The summed E-state index contributed by atoms with van der Waals surface area (Å²) >= 11 is 0. The molecule has 0 spiro atoms. The lowest BCUT2D eigenvalue weighted by molar-refractivity contribution is -0.152. The van der Waals surface area contributed by atoms with Crippen LogP contribution in [0.5, 0.6) is 0 Å². The van der Waals surface area contributed by atoms with Crippen LogP contribution in [0.3, 0.4) is 0 Å². The third kappa shape index (κ3) is 1.53. The quantitative estimate of drug-likeness (QED) is 0.824. The Kier molecular flexibility index (Phi) is 2.67. The van der Waals surface area contributed by atoms with Crippen molar-refractivity contribution in [3.63, 3.8) is 0 Å². The van der Waals surface area contributed by atoms with Crippen molar-refractivity contribution >= 4 is 5.97 Å². The summed E-state index contributed by atoms with van der Waals surface area (Å²) in [5, 5.41) is 19.3. The van der Waals surface area contributed by atoms with E-state index in [2.05, 4.69) is 12.1 Å². The van der Waals surface area contributed by atoms with Crippen LogP contribution in [-0.4, -0.2) is 11.1 Å². The van der Waals surface area contributed by atoms with Crippen LogP contribution in [-0.2, 0) is 4.79 Å². The standard InChI is InChI=1S/C16H15NO2/c17-10-16(15(18)19)13-8-6-12(7-9-13)14(16)11-4-2-1-3-5-11/h1-6,8,12-14H,7,9H2,(H,18,19). The molecular formula is C16H15NO2. The Bertz CT molecular complexity index is 572. The van der Waals surface area contributed by atoms with Crippen LogP contribution < -0.4 is 0 Å². The molecular weight excluding hydrogens is 238 g/mol. The van der Waals surface area contributed by atoms with Crippen molar-refractivity contribution < 1.29 is 9.90 Å². The van der Waals surface area contributed by atoms with Gasteiger partial charge in [-0.1, -0.05) is 42.5 Å². The van der Waals surface area contributed by atoms with Crippen molar-refractivity contribution in [2.24, 2.45) is 17.3 Å². The lowest BCUT2D eigenvalue weighted by Gasteiger charge is -2.48. The van der Waals surface area contributed by atoms with Crippen LogP contribution in [0.4, 0.5) is 0 Å². The van der Waals surface area contributed by atoms with Gasteiger partial charge in [-0.3, -0.25) is 4.79 Å². The van der Waals surface area contributed by atoms with Gasteiger partial charge in [-0.2, -0.15) is 5.26 Å². The molecule has 0 aliphatic heterocycles. The summed E-state index contributed by atoms with van der Waals surface area (Å²) in [6.45, 7) is 0. The highest BCUT2D eigenvalue weighted by molar-refractivity contribution is 5.81. The third-order valence-corrected chi connectivity index (χ3v) is 4.60. The van der Waals surface area contributed by atoms with Gasteiger partial charge < -0.3 is 5.11 Å². The number of rotatable bonds is 2. The molecule has 3 aliphatic rings. The average Bonchev–Trinajstić information content (AvgIpc) is 2.48. The molecule has 1 aromatic carbocycles. The molecule has 3 heteroatoms. The SMILES string of the molecule is N#CC1(C(=O)O)C2C=CC(CC2)C1c1ccccc1. The minimum absolute atomic E-state index is 0.156. The van der Waals surface area contributed by atoms with Crippen LogP contribution in [0.25, 0.3) is 0 Å². The molecule has 1 N–H and O–H groups in total. The Morgan fingerprint density at radius 2 is 2.00 bits per heavy atom. The molecule has 0 saturated heterocycles. The van der Waals surface area contributed by atoms with E-state index in [9.17, 15) is 15.2 Å². The minimum Gasteiger partial charge on any atom is -0.480 e. The van der Waals surface area contributed by atoms with Crippen LogP contribution in [0.2, 0.25) is 0 Å². The van der Waals surface area contributed by atoms with Gasteiger partial charge in [0.1, 0.15) is 0 Å². The second kappa shape index (κ2) is 4.24. The summed E-state index contributed by atoms with van der Waals surface area (Å²) in [5.74, 6) is -1.24. The van der Waals surface area contributed by atoms with Gasteiger partial charge in [0.25, 0.3) is 0 Å². The van der Waals surface area contributed by atoms with Gasteiger partial charge in [0, 0.05) is 11.8 Å². The highest BCUT2D eigenvalue weighted by Gasteiger charge is 2.58. The number of carboxylic acid groups (broad SMARTS) is 1. The Labute approximate surface area is 112 Å². The largest absolute Gasteiger partial charge is 0.480 e. The molecule has 0 heterocycles. The maximum absolute atomic E-state index is 11.8. The summed E-state index contributed by atoms with van der Waals surface area (Å²) in [6.07, 6.45) is 5.80. The number of carboxylic acids is 1. The first-order valence-electron chi connectivity index (χ1n) is 6.58. The summed E-state index contributed by atoms with van der Waals surface area (Å²) in [6, 6.07) is 11.8. The molecule has 4 atom stereocenters. The maximum atomic E-state index is 11.8. The monoisotopic (exact) mass is 253 g/mol. The van der Waals surface area contributed by atoms with E-state index >= 15 is 0 Å². The van der Waals surface area contributed by atoms with Gasteiger partial charge in [0.15, 0.2) is 5.41 Å². The lowest BCUT2D eigenvalue weighted by Crippen LogP contribution is -2.50. The van der Waals surface area contributed by atoms with Crippen molar-refractivity contribution in [3.8, 4) is 6.07 Å². The van der Waals surface area contributed by atoms with Crippen molar-refractivity contribution in [2.45, 2.75) is 18.8 Å². The second-order valence-corrected chi connectivity index (χ2v) is 5.41. The molecule has 4 unspecified atom stereocenters. The predicted octanol–water partition coefficient (Wildman–Crippen LogP) is 2.96. The normalized spacial score (nSPS) is 35.8. The van der Waals surface area contributed by atoms with Crippen molar-refractivity contribution in [1.29, 1.82) is 5.26 Å². The Balaban J connectivity index is 2.18. The number of benzene rings is 1. The van der Waals surface area contributed by atoms with Gasteiger partial charge in [0.2, 0.25) is 0 Å². The van der Waals surface area contributed by atoms with E-state index in [1.54, 1.807) is 0 Å². The lowest BCUT2D eigenvalue weighted by atomic mass is 9.52. The summed E-state index contributed by atoms with van der Waals surface area (Å²) < 4.78 is 0. The number of allylic oxidation sites excluding steroid dienone is 2. The fraction of sp³-hybridized carbons (Fsp3) is 0.375. The van der Waals surface area contributed by atoms with Gasteiger partial charge in [0.05, 0.1) is 6.07 Å². The molecule has 0 aromatic heterocycles. The van der Waals surface area contributed by atoms with Gasteiger partial charge in [-0.25, -0.2) is 0 Å². The summed E-state index contributed by atoms with van der Waals surface area (Å²) in [5.41, 5.74) is -0.343.